The number of carboxylic acids is 1. The molecular formula is C14H15ClN2O3. The number of hydrogen-bond acceptors (Lipinski definition) is 3. The van der Waals surface area contributed by atoms with Gasteiger partial charge in [-0.3, -0.25) is 9.69 Å². The van der Waals surface area contributed by atoms with Gasteiger partial charge in [0.2, 0.25) is 5.91 Å². The molecule has 0 atom stereocenters. The summed E-state index contributed by atoms with van der Waals surface area (Å²) < 4.78 is 0. The van der Waals surface area contributed by atoms with Gasteiger partial charge in [-0.1, -0.05) is 29.8 Å². The third-order valence-electron chi connectivity index (χ3n) is 3.02. The van der Waals surface area contributed by atoms with E-state index in [1.165, 1.54) is 0 Å². The standard InChI is InChI=1S/C14H15ClN2O3/c15-11-5-1-2-6-12(11)16-13(18)9-17-7-3-4-10(8-17)14(19)20/h1-2,4-6H,3,7-9H2,(H,16,18)(H,19,20). The number of aliphatic carboxylic acids is 1. The minimum Gasteiger partial charge on any atom is -0.478 e. The van der Waals surface area contributed by atoms with Gasteiger partial charge in [-0.2, -0.15) is 0 Å². The summed E-state index contributed by atoms with van der Waals surface area (Å²) in [6, 6.07) is 6.99. The van der Waals surface area contributed by atoms with Gasteiger partial charge in [0, 0.05) is 18.7 Å². The van der Waals surface area contributed by atoms with Crippen molar-refractivity contribution in [3.8, 4) is 0 Å². The first-order chi connectivity index (χ1) is 9.56. The van der Waals surface area contributed by atoms with Crippen LogP contribution in [0.1, 0.15) is 6.42 Å². The number of nitrogens with one attached hydrogen (secondary N) is 1. The highest BCUT2D eigenvalue weighted by molar-refractivity contribution is 6.33. The van der Waals surface area contributed by atoms with E-state index in [0.717, 1.165) is 0 Å². The van der Waals surface area contributed by atoms with Gasteiger partial charge in [-0.15, -0.1) is 0 Å². The predicted molar refractivity (Wildman–Crippen MR) is 76.9 cm³/mol. The summed E-state index contributed by atoms with van der Waals surface area (Å²) in [7, 11) is 0. The molecule has 0 radical (unpaired) electrons. The second-order valence-corrected chi connectivity index (χ2v) is 4.97. The third kappa shape index (κ3) is 3.82. The molecule has 0 bridgehead atoms. The normalized spacial score (nSPS) is 15.6. The fourth-order valence-electron chi connectivity index (χ4n) is 2.05. The maximum absolute atomic E-state index is 11.9. The van der Waals surface area contributed by atoms with Gasteiger partial charge in [0.1, 0.15) is 0 Å². The van der Waals surface area contributed by atoms with Crippen molar-refractivity contribution in [2.45, 2.75) is 6.42 Å². The van der Waals surface area contributed by atoms with E-state index in [2.05, 4.69) is 5.32 Å². The molecule has 1 aliphatic heterocycles. The van der Waals surface area contributed by atoms with E-state index >= 15 is 0 Å². The lowest BCUT2D eigenvalue weighted by molar-refractivity contribution is -0.133. The van der Waals surface area contributed by atoms with Crippen molar-refractivity contribution in [3.63, 3.8) is 0 Å². The quantitative estimate of drug-likeness (QED) is 0.891. The van der Waals surface area contributed by atoms with Crippen LogP contribution < -0.4 is 5.32 Å². The molecule has 0 spiro atoms. The van der Waals surface area contributed by atoms with Crippen LogP contribution in [0.25, 0.3) is 0 Å². The zero-order chi connectivity index (χ0) is 14.5. The van der Waals surface area contributed by atoms with Crippen LogP contribution in [0.3, 0.4) is 0 Å². The molecule has 2 rings (SSSR count). The van der Waals surface area contributed by atoms with E-state index in [1.54, 1.807) is 35.2 Å². The number of carbonyl (C=O) groups excluding carboxylic acids is 1. The molecule has 0 aliphatic carbocycles. The molecule has 0 saturated carbocycles. The largest absolute Gasteiger partial charge is 0.478 e. The van der Waals surface area contributed by atoms with E-state index in [4.69, 9.17) is 16.7 Å². The molecule has 1 amide bonds. The van der Waals surface area contributed by atoms with Crippen LogP contribution in [-0.4, -0.2) is 41.5 Å². The molecule has 0 aromatic heterocycles. The minimum atomic E-state index is -0.929. The summed E-state index contributed by atoms with van der Waals surface area (Å²) in [6.07, 6.45) is 2.34. The van der Waals surface area contributed by atoms with Crippen molar-refractivity contribution in [2.24, 2.45) is 0 Å². The molecule has 1 aliphatic rings. The van der Waals surface area contributed by atoms with E-state index in [9.17, 15) is 9.59 Å². The number of anilines is 1. The van der Waals surface area contributed by atoms with Gasteiger partial charge < -0.3 is 10.4 Å². The molecule has 0 unspecified atom stereocenters. The number of carboxylic acid groups (broad SMARTS) is 1. The van der Waals surface area contributed by atoms with E-state index < -0.39 is 5.97 Å². The molecular weight excluding hydrogens is 280 g/mol. The van der Waals surface area contributed by atoms with Crippen molar-refractivity contribution in [1.29, 1.82) is 0 Å². The van der Waals surface area contributed by atoms with E-state index in [-0.39, 0.29) is 19.0 Å². The lowest BCUT2D eigenvalue weighted by Gasteiger charge is -2.25. The molecule has 6 heteroatoms. The second kappa shape index (κ2) is 6.54. The van der Waals surface area contributed by atoms with Gasteiger partial charge in [0.05, 0.1) is 17.3 Å². The summed E-state index contributed by atoms with van der Waals surface area (Å²) in [5.74, 6) is -1.13. The average molecular weight is 295 g/mol. The Labute approximate surface area is 121 Å². The lowest BCUT2D eigenvalue weighted by Crippen LogP contribution is -2.38. The predicted octanol–water partition coefficient (Wildman–Crippen LogP) is 2.00. The molecule has 20 heavy (non-hydrogen) atoms. The number of benzene rings is 1. The fourth-order valence-corrected chi connectivity index (χ4v) is 2.23. The number of hydrogen-bond donors (Lipinski definition) is 2. The minimum absolute atomic E-state index is 0.149. The van der Waals surface area contributed by atoms with Gasteiger partial charge in [0.25, 0.3) is 0 Å². The zero-order valence-corrected chi connectivity index (χ0v) is 11.6. The summed E-state index contributed by atoms with van der Waals surface area (Å²) in [5.41, 5.74) is 0.895. The second-order valence-electron chi connectivity index (χ2n) is 4.56. The first-order valence-electron chi connectivity index (χ1n) is 6.25. The van der Waals surface area contributed by atoms with Gasteiger partial charge in [-0.25, -0.2) is 4.79 Å². The first-order valence-corrected chi connectivity index (χ1v) is 6.63. The summed E-state index contributed by atoms with van der Waals surface area (Å²) in [5, 5.41) is 12.1. The monoisotopic (exact) mass is 294 g/mol. The number of carbonyl (C=O) groups is 2. The lowest BCUT2D eigenvalue weighted by atomic mass is 10.1. The molecule has 5 nitrogen and oxygen atoms in total. The number of amides is 1. The van der Waals surface area contributed by atoms with Crippen molar-refractivity contribution >= 4 is 29.2 Å². The molecule has 0 fully saturated rings. The first kappa shape index (κ1) is 14.6. The molecule has 1 heterocycles. The van der Waals surface area contributed by atoms with Crippen LogP contribution >= 0.6 is 11.6 Å². The van der Waals surface area contributed by atoms with Crippen molar-refractivity contribution in [1.82, 2.24) is 4.90 Å². The maximum atomic E-state index is 11.9. The van der Waals surface area contributed by atoms with Crippen LogP contribution in [0.15, 0.2) is 35.9 Å². The highest BCUT2D eigenvalue weighted by atomic mass is 35.5. The maximum Gasteiger partial charge on any atom is 0.332 e. The van der Waals surface area contributed by atoms with Crippen molar-refractivity contribution in [2.75, 3.05) is 25.0 Å². The Bertz CT molecular complexity index is 557. The summed E-state index contributed by atoms with van der Waals surface area (Å²) >= 11 is 5.96. The van der Waals surface area contributed by atoms with Crippen LogP contribution in [0.4, 0.5) is 5.69 Å². The third-order valence-corrected chi connectivity index (χ3v) is 3.35. The Morgan fingerprint density at radius 1 is 1.35 bits per heavy atom. The van der Waals surface area contributed by atoms with E-state index in [0.29, 0.717) is 29.2 Å². The van der Waals surface area contributed by atoms with Crippen molar-refractivity contribution in [3.05, 3.63) is 40.9 Å². The van der Waals surface area contributed by atoms with Crippen LogP contribution in [0.5, 0.6) is 0 Å². The topological polar surface area (TPSA) is 69.6 Å². The Balaban J connectivity index is 1.91. The Kier molecular flexibility index (Phi) is 4.76. The highest BCUT2D eigenvalue weighted by Gasteiger charge is 2.19. The Hall–Kier alpha value is -1.85. The van der Waals surface area contributed by atoms with E-state index in [1.807, 2.05) is 0 Å². The SMILES string of the molecule is O=C(CN1CCC=C(C(=O)O)C1)Nc1ccccc1Cl. The smallest absolute Gasteiger partial charge is 0.332 e. The van der Waals surface area contributed by atoms with Gasteiger partial charge in [0.15, 0.2) is 0 Å². The summed E-state index contributed by atoms with van der Waals surface area (Å²) in [4.78, 5) is 24.6. The highest BCUT2D eigenvalue weighted by Crippen LogP contribution is 2.20. The van der Waals surface area contributed by atoms with Crippen LogP contribution in [0, 0.1) is 0 Å². The summed E-state index contributed by atoms with van der Waals surface area (Å²) in [6.45, 7) is 1.11. The average Bonchev–Trinajstić information content (AvgIpc) is 2.41. The fraction of sp³-hybridized carbons (Fsp3) is 0.286. The van der Waals surface area contributed by atoms with Crippen molar-refractivity contribution < 1.29 is 14.7 Å². The molecule has 2 N–H and O–H groups in total. The zero-order valence-electron chi connectivity index (χ0n) is 10.8. The van der Waals surface area contributed by atoms with Gasteiger partial charge in [-0.05, 0) is 18.6 Å². The molecule has 1 aromatic rings. The Morgan fingerprint density at radius 2 is 2.10 bits per heavy atom. The number of rotatable bonds is 4. The molecule has 1 aromatic carbocycles. The Morgan fingerprint density at radius 3 is 2.80 bits per heavy atom. The van der Waals surface area contributed by atoms with Gasteiger partial charge >= 0.3 is 5.97 Å². The number of para-hydroxylation sites is 1. The molecule has 0 saturated heterocycles. The number of halogens is 1. The number of nitrogens with zero attached hydrogens (tertiary/aromatic N) is 1. The van der Waals surface area contributed by atoms with Crippen LogP contribution in [0.2, 0.25) is 5.02 Å². The van der Waals surface area contributed by atoms with Crippen LogP contribution in [-0.2, 0) is 9.59 Å². The molecule has 106 valence electrons.